The van der Waals surface area contributed by atoms with Crippen molar-refractivity contribution in [1.82, 2.24) is 5.32 Å². The maximum atomic E-state index is 12.3. The van der Waals surface area contributed by atoms with Crippen LogP contribution in [0.2, 0.25) is 0 Å². The largest absolute Gasteiger partial charge is 0.450 e. The molecule has 0 aliphatic heterocycles. The van der Waals surface area contributed by atoms with Crippen molar-refractivity contribution in [2.24, 2.45) is 0 Å². The zero-order chi connectivity index (χ0) is 25.5. The summed E-state index contributed by atoms with van der Waals surface area (Å²) >= 11 is 0. The summed E-state index contributed by atoms with van der Waals surface area (Å²) in [5, 5.41) is 3.00. The zero-order valence-electron chi connectivity index (χ0n) is 22.6. The predicted molar refractivity (Wildman–Crippen MR) is 146 cm³/mol. The highest BCUT2D eigenvalue weighted by atomic mass is 16.5. The van der Waals surface area contributed by atoms with Gasteiger partial charge < -0.3 is 10.1 Å². The molecule has 35 heavy (non-hydrogen) atoms. The molecule has 0 radical (unpaired) electrons. The standard InChI is InChI=1S/C31H46N2O2/c1-26(2)28-20-18-21-29(25-28)31(4,5)32-30(34)35-24-17-13-11-9-7-6-8-10-12-15-22-33-23-16-14-19-27(33)3/h14,16,18-21,23,25H,1,6-13,15,17,22,24H2,2-5H3/p+1. The number of alkyl carbamates (subject to hydrolysis) is 1. The van der Waals surface area contributed by atoms with Crippen molar-refractivity contribution in [2.45, 2.75) is 104 Å². The Balaban J connectivity index is 1.45. The van der Waals surface area contributed by atoms with Gasteiger partial charge in [-0.15, -0.1) is 0 Å². The Kier molecular flexibility index (Phi) is 12.6. The molecule has 2 rings (SSSR count). The van der Waals surface area contributed by atoms with Crippen LogP contribution in [0.25, 0.3) is 5.57 Å². The second-order valence-corrected chi connectivity index (χ2v) is 10.3. The van der Waals surface area contributed by atoms with Gasteiger partial charge in [0.2, 0.25) is 0 Å². The molecule has 4 nitrogen and oxygen atoms in total. The highest BCUT2D eigenvalue weighted by Crippen LogP contribution is 2.23. The second kappa shape index (κ2) is 15.4. The van der Waals surface area contributed by atoms with Gasteiger partial charge in [-0.25, -0.2) is 9.36 Å². The molecule has 1 aromatic heterocycles. The van der Waals surface area contributed by atoms with Gasteiger partial charge in [0.25, 0.3) is 0 Å². The molecule has 1 amide bonds. The summed E-state index contributed by atoms with van der Waals surface area (Å²) in [5.41, 5.74) is 3.98. The van der Waals surface area contributed by atoms with Crippen LogP contribution in [-0.4, -0.2) is 12.7 Å². The molecule has 2 aromatic rings. The lowest BCUT2D eigenvalue weighted by molar-refractivity contribution is -0.703. The molecule has 0 unspecified atom stereocenters. The first-order valence-corrected chi connectivity index (χ1v) is 13.5. The number of carbonyl (C=O) groups is 1. The van der Waals surface area contributed by atoms with E-state index >= 15 is 0 Å². The number of aromatic nitrogens is 1. The Morgan fingerprint density at radius 2 is 1.54 bits per heavy atom. The number of nitrogens with one attached hydrogen (secondary N) is 1. The summed E-state index contributed by atoms with van der Waals surface area (Å²) < 4.78 is 7.77. The third-order valence-corrected chi connectivity index (χ3v) is 6.69. The molecule has 4 heteroatoms. The number of allylic oxidation sites excluding steroid dienone is 1. The minimum Gasteiger partial charge on any atom is -0.450 e. The van der Waals surface area contributed by atoms with E-state index in [4.69, 9.17) is 4.74 Å². The van der Waals surface area contributed by atoms with Gasteiger partial charge in [0, 0.05) is 25.5 Å². The number of unbranched alkanes of at least 4 members (excludes halogenated alkanes) is 9. The summed E-state index contributed by atoms with van der Waals surface area (Å²) in [7, 11) is 0. The van der Waals surface area contributed by atoms with E-state index in [1.807, 2.05) is 39.0 Å². The third kappa shape index (κ3) is 11.1. The number of hydrogen-bond acceptors (Lipinski definition) is 2. The number of carbonyl (C=O) groups excluding carboxylic acids is 1. The molecular formula is C31H47N2O2+. The van der Waals surface area contributed by atoms with Crippen molar-refractivity contribution in [3.8, 4) is 0 Å². The molecular weight excluding hydrogens is 432 g/mol. The van der Waals surface area contributed by atoms with E-state index in [1.54, 1.807) is 0 Å². The van der Waals surface area contributed by atoms with E-state index in [0.717, 1.165) is 36.1 Å². The van der Waals surface area contributed by atoms with Gasteiger partial charge in [0.05, 0.1) is 12.1 Å². The van der Waals surface area contributed by atoms with E-state index in [9.17, 15) is 4.79 Å². The van der Waals surface area contributed by atoms with Crippen molar-refractivity contribution in [2.75, 3.05) is 6.61 Å². The number of aryl methyl sites for hydroxylation is 2. The van der Waals surface area contributed by atoms with Crippen molar-refractivity contribution in [1.29, 1.82) is 0 Å². The van der Waals surface area contributed by atoms with Crippen LogP contribution in [0.4, 0.5) is 4.79 Å². The van der Waals surface area contributed by atoms with Gasteiger partial charge in [0.15, 0.2) is 11.9 Å². The fraction of sp³-hybridized carbons (Fsp3) is 0.548. The molecule has 0 bridgehead atoms. The molecule has 0 fully saturated rings. The quantitative estimate of drug-likeness (QED) is 0.196. The van der Waals surface area contributed by atoms with Crippen LogP contribution in [0.5, 0.6) is 0 Å². The maximum absolute atomic E-state index is 12.3. The Hall–Kier alpha value is -2.62. The fourth-order valence-electron chi connectivity index (χ4n) is 4.31. The van der Waals surface area contributed by atoms with Crippen LogP contribution in [0.3, 0.4) is 0 Å². The van der Waals surface area contributed by atoms with Crippen LogP contribution >= 0.6 is 0 Å². The van der Waals surface area contributed by atoms with Crippen LogP contribution < -0.4 is 9.88 Å². The molecule has 0 saturated carbocycles. The number of pyridine rings is 1. The summed E-state index contributed by atoms with van der Waals surface area (Å²) in [6.45, 7) is 13.8. The minimum absolute atomic E-state index is 0.350. The number of benzene rings is 1. The van der Waals surface area contributed by atoms with E-state index in [2.05, 4.69) is 53.8 Å². The Morgan fingerprint density at radius 1 is 0.914 bits per heavy atom. The van der Waals surface area contributed by atoms with Gasteiger partial charge in [0.1, 0.15) is 6.54 Å². The Morgan fingerprint density at radius 3 is 2.17 bits per heavy atom. The van der Waals surface area contributed by atoms with Crippen LogP contribution in [0.15, 0.2) is 55.2 Å². The predicted octanol–water partition coefficient (Wildman–Crippen LogP) is 7.88. The molecule has 0 aliphatic rings. The highest BCUT2D eigenvalue weighted by molar-refractivity contribution is 5.69. The maximum Gasteiger partial charge on any atom is 0.407 e. The monoisotopic (exact) mass is 479 g/mol. The van der Waals surface area contributed by atoms with E-state index in [-0.39, 0.29) is 6.09 Å². The van der Waals surface area contributed by atoms with E-state index in [1.165, 1.54) is 57.1 Å². The molecule has 0 saturated heterocycles. The fourth-order valence-corrected chi connectivity index (χ4v) is 4.31. The molecule has 1 aromatic carbocycles. The average molecular weight is 480 g/mol. The summed E-state index contributed by atoms with van der Waals surface area (Å²) in [6.07, 6.45) is 14.3. The SMILES string of the molecule is C=C(C)c1cccc(C(C)(C)NC(=O)OCCCCCCCCCCCC[n+]2ccccc2C)c1. The van der Waals surface area contributed by atoms with E-state index < -0.39 is 5.54 Å². The molecule has 192 valence electrons. The van der Waals surface area contributed by atoms with Crippen LogP contribution in [0.1, 0.15) is 102 Å². The molecule has 0 atom stereocenters. The topological polar surface area (TPSA) is 42.2 Å². The number of nitrogens with zero attached hydrogens (tertiary/aromatic N) is 1. The average Bonchev–Trinajstić information content (AvgIpc) is 2.83. The van der Waals surface area contributed by atoms with Gasteiger partial charge in [-0.05, 0) is 50.8 Å². The van der Waals surface area contributed by atoms with Gasteiger partial charge >= 0.3 is 6.09 Å². The van der Waals surface area contributed by atoms with Crippen molar-refractivity contribution in [3.63, 3.8) is 0 Å². The lowest BCUT2D eigenvalue weighted by Crippen LogP contribution is -2.41. The van der Waals surface area contributed by atoms with Gasteiger partial charge in [-0.3, -0.25) is 0 Å². The number of ether oxygens (including phenoxy) is 1. The smallest absolute Gasteiger partial charge is 0.407 e. The summed E-state index contributed by atoms with van der Waals surface area (Å²) in [4.78, 5) is 12.3. The zero-order valence-corrected chi connectivity index (χ0v) is 22.6. The summed E-state index contributed by atoms with van der Waals surface area (Å²) in [5.74, 6) is 0. The van der Waals surface area contributed by atoms with Crippen molar-refractivity contribution in [3.05, 3.63) is 72.1 Å². The number of rotatable bonds is 16. The number of hydrogen-bond donors (Lipinski definition) is 1. The molecule has 0 spiro atoms. The third-order valence-electron chi connectivity index (χ3n) is 6.69. The highest BCUT2D eigenvalue weighted by Gasteiger charge is 2.23. The normalized spacial score (nSPS) is 11.3. The lowest BCUT2D eigenvalue weighted by atomic mass is 9.92. The Labute approximate surface area is 213 Å². The van der Waals surface area contributed by atoms with Gasteiger partial charge in [-0.2, -0.15) is 0 Å². The molecule has 1 N–H and O–H groups in total. The van der Waals surface area contributed by atoms with E-state index in [0.29, 0.717) is 6.61 Å². The second-order valence-electron chi connectivity index (χ2n) is 10.3. The van der Waals surface area contributed by atoms with Crippen molar-refractivity contribution >= 4 is 11.7 Å². The van der Waals surface area contributed by atoms with Crippen LogP contribution in [0, 0.1) is 6.92 Å². The summed E-state index contributed by atoms with van der Waals surface area (Å²) in [6, 6.07) is 14.5. The molecule has 0 aliphatic carbocycles. The van der Waals surface area contributed by atoms with Crippen molar-refractivity contribution < 1.29 is 14.1 Å². The Bertz CT molecular complexity index is 920. The lowest BCUT2D eigenvalue weighted by Gasteiger charge is -2.27. The number of amides is 1. The first-order chi connectivity index (χ1) is 16.8. The molecule has 1 heterocycles. The first-order valence-electron chi connectivity index (χ1n) is 13.5. The van der Waals surface area contributed by atoms with Crippen LogP contribution in [-0.2, 0) is 16.8 Å². The first kappa shape index (κ1) is 28.6. The minimum atomic E-state index is -0.498. The van der Waals surface area contributed by atoms with Gasteiger partial charge in [-0.1, -0.05) is 81.4 Å².